The maximum atomic E-state index is 11.7. The molecule has 1 heterocycles. The lowest BCUT2D eigenvalue weighted by molar-refractivity contribution is -0.114. The summed E-state index contributed by atoms with van der Waals surface area (Å²) in [5.74, 6) is -0.908. The van der Waals surface area contributed by atoms with E-state index in [0.717, 1.165) is 0 Å². The van der Waals surface area contributed by atoms with Crippen LogP contribution in [-0.2, 0) is 4.79 Å². The van der Waals surface area contributed by atoms with Crippen LogP contribution >= 0.6 is 15.9 Å². The lowest BCUT2D eigenvalue weighted by atomic mass is 10.1. The molecule has 0 spiro atoms. The molecule has 0 aliphatic carbocycles. The molecule has 0 saturated carbocycles. The van der Waals surface area contributed by atoms with Crippen molar-refractivity contribution in [3.05, 3.63) is 28.2 Å². The van der Waals surface area contributed by atoms with Crippen LogP contribution in [0.15, 0.2) is 22.7 Å². The second-order valence-electron chi connectivity index (χ2n) is 3.56. The van der Waals surface area contributed by atoms with Gasteiger partial charge in [0, 0.05) is 11.0 Å². The Morgan fingerprint density at radius 1 is 1.31 bits per heavy atom. The third-order valence-corrected chi connectivity index (χ3v) is 3.20. The molecule has 1 aliphatic heterocycles. The predicted molar refractivity (Wildman–Crippen MR) is 64.5 cm³/mol. The molecule has 16 heavy (non-hydrogen) atoms. The van der Waals surface area contributed by atoms with Crippen LogP contribution in [0.1, 0.15) is 16.8 Å². The Bertz CT molecular complexity index is 459. The van der Waals surface area contributed by atoms with Crippen molar-refractivity contribution >= 4 is 33.3 Å². The molecule has 1 amide bonds. The summed E-state index contributed by atoms with van der Waals surface area (Å²) in [6.07, 6.45) is 0.685. The summed E-state index contributed by atoms with van der Waals surface area (Å²) in [7, 11) is 0. The van der Waals surface area contributed by atoms with Crippen molar-refractivity contribution in [2.24, 2.45) is 5.73 Å². The topological polar surface area (TPSA) is 63.4 Å². The number of nitrogens with two attached hydrogens (primary N) is 1. The van der Waals surface area contributed by atoms with Gasteiger partial charge in [0.15, 0.2) is 0 Å². The molecule has 1 aliphatic rings. The molecule has 2 N–H and O–H groups in total. The normalized spacial score (nSPS) is 14.5. The number of halogens is 1. The number of anilines is 1. The fraction of sp³-hybridized carbons (Fsp3) is 0.273. The molecule has 0 unspecified atom stereocenters. The molecule has 0 radical (unpaired) electrons. The van der Waals surface area contributed by atoms with Gasteiger partial charge in [-0.2, -0.15) is 0 Å². The first-order valence-electron chi connectivity index (χ1n) is 5.01. The number of ketones is 1. The van der Waals surface area contributed by atoms with Gasteiger partial charge in [0.25, 0.3) is 11.7 Å². The number of Topliss-reactive ketones (excluding diaryl/α,β-unsaturated/α-hetero) is 1. The van der Waals surface area contributed by atoms with Crippen LogP contribution in [-0.4, -0.2) is 24.8 Å². The highest BCUT2D eigenvalue weighted by atomic mass is 79.9. The number of hydrogen-bond acceptors (Lipinski definition) is 3. The summed E-state index contributed by atoms with van der Waals surface area (Å²) >= 11 is 3.29. The second kappa shape index (κ2) is 4.35. The molecule has 0 atom stereocenters. The van der Waals surface area contributed by atoms with Crippen LogP contribution in [0.5, 0.6) is 0 Å². The van der Waals surface area contributed by atoms with Crippen molar-refractivity contribution in [2.45, 2.75) is 6.42 Å². The molecule has 0 bridgehead atoms. The predicted octanol–water partition coefficient (Wildman–Crippen LogP) is 1.33. The fourth-order valence-corrected chi connectivity index (χ4v) is 2.31. The summed E-state index contributed by atoms with van der Waals surface area (Å²) in [5, 5.41) is 0. The SMILES string of the molecule is NCCCN1C(=O)C(=O)c2c(Br)cccc21. The fourth-order valence-electron chi connectivity index (χ4n) is 1.77. The quantitative estimate of drug-likeness (QED) is 0.851. The van der Waals surface area contributed by atoms with E-state index in [1.54, 1.807) is 12.1 Å². The monoisotopic (exact) mass is 282 g/mol. The van der Waals surface area contributed by atoms with E-state index in [4.69, 9.17) is 5.73 Å². The van der Waals surface area contributed by atoms with Crippen molar-refractivity contribution in [1.29, 1.82) is 0 Å². The number of rotatable bonds is 3. The van der Waals surface area contributed by atoms with Gasteiger partial charge in [-0.3, -0.25) is 9.59 Å². The highest BCUT2D eigenvalue weighted by Gasteiger charge is 2.36. The highest BCUT2D eigenvalue weighted by molar-refractivity contribution is 9.10. The van der Waals surface area contributed by atoms with Gasteiger partial charge in [0.05, 0.1) is 11.3 Å². The second-order valence-corrected chi connectivity index (χ2v) is 4.42. The smallest absolute Gasteiger partial charge is 0.299 e. The average molecular weight is 283 g/mol. The molecule has 0 fully saturated rings. The largest absolute Gasteiger partial charge is 0.330 e. The molecule has 5 heteroatoms. The van der Waals surface area contributed by atoms with Gasteiger partial charge in [-0.25, -0.2) is 0 Å². The molecular weight excluding hydrogens is 272 g/mol. The van der Waals surface area contributed by atoms with Gasteiger partial charge >= 0.3 is 0 Å². The zero-order valence-electron chi connectivity index (χ0n) is 8.57. The van der Waals surface area contributed by atoms with Crippen LogP contribution in [0.3, 0.4) is 0 Å². The van der Waals surface area contributed by atoms with Gasteiger partial charge in [0.2, 0.25) is 0 Å². The van der Waals surface area contributed by atoms with E-state index >= 15 is 0 Å². The summed E-state index contributed by atoms with van der Waals surface area (Å²) in [5.41, 5.74) is 6.55. The van der Waals surface area contributed by atoms with Crippen molar-refractivity contribution in [3.8, 4) is 0 Å². The lowest BCUT2D eigenvalue weighted by Crippen LogP contribution is -2.31. The standard InChI is InChI=1S/C11H11BrN2O2/c12-7-3-1-4-8-9(7)10(15)11(16)14(8)6-2-5-13/h1,3-4H,2,5-6,13H2. The number of carbonyl (C=O) groups is 2. The van der Waals surface area contributed by atoms with E-state index in [9.17, 15) is 9.59 Å². The Morgan fingerprint density at radius 3 is 2.75 bits per heavy atom. The number of hydrogen-bond donors (Lipinski definition) is 1. The van der Waals surface area contributed by atoms with E-state index in [2.05, 4.69) is 15.9 Å². The van der Waals surface area contributed by atoms with E-state index in [-0.39, 0.29) is 0 Å². The summed E-state index contributed by atoms with van der Waals surface area (Å²) in [4.78, 5) is 25.0. The summed E-state index contributed by atoms with van der Waals surface area (Å²) in [6, 6.07) is 5.35. The van der Waals surface area contributed by atoms with Gasteiger partial charge in [-0.05, 0) is 41.0 Å². The molecule has 1 aromatic carbocycles. The highest BCUT2D eigenvalue weighted by Crippen LogP contribution is 2.34. The number of benzene rings is 1. The first-order chi connectivity index (χ1) is 7.66. The van der Waals surface area contributed by atoms with Crippen molar-refractivity contribution in [3.63, 3.8) is 0 Å². The average Bonchev–Trinajstić information content (AvgIpc) is 2.51. The van der Waals surface area contributed by atoms with Gasteiger partial charge in [-0.15, -0.1) is 0 Å². The van der Waals surface area contributed by atoms with Crippen LogP contribution < -0.4 is 10.6 Å². The third-order valence-electron chi connectivity index (χ3n) is 2.53. The molecule has 1 aromatic rings. The van der Waals surface area contributed by atoms with E-state index in [1.807, 2.05) is 6.07 Å². The third kappa shape index (κ3) is 1.66. The number of nitrogens with zero attached hydrogens (tertiary/aromatic N) is 1. The summed E-state index contributed by atoms with van der Waals surface area (Å²) < 4.78 is 0.665. The maximum absolute atomic E-state index is 11.7. The molecule has 4 nitrogen and oxygen atoms in total. The van der Waals surface area contributed by atoms with E-state index < -0.39 is 11.7 Å². The van der Waals surface area contributed by atoms with E-state index in [1.165, 1.54) is 4.90 Å². The maximum Gasteiger partial charge on any atom is 0.299 e. The minimum atomic E-state index is -0.463. The van der Waals surface area contributed by atoms with Crippen LogP contribution in [0.4, 0.5) is 5.69 Å². The first-order valence-corrected chi connectivity index (χ1v) is 5.81. The van der Waals surface area contributed by atoms with E-state index in [0.29, 0.717) is 35.2 Å². The Balaban J connectivity index is 2.42. The zero-order chi connectivity index (χ0) is 11.7. The molecule has 0 saturated heterocycles. The Morgan fingerprint density at radius 2 is 2.06 bits per heavy atom. The Hall–Kier alpha value is -1.20. The van der Waals surface area contributed by atoms with Crippen LogP contribution in [0, 0.1) is 0 Å². The molecule has 2 rings (SSSR count). The Labute approximate surface area is 102 Å². The van der Waals surface area contributed by atoms with Gasteiger partial charge in [-0.1, -0.05) is 6.07 Å². The first kappa shape index (κ1) is 11.3. The summed E-state index contributed by atoms with van der Waals surface area (Å²) in [6.45, 7) is 0.992. The Kier molecular flexibility index (Phi) is 3.07. The number of amides is 1. The minimum absolute atomic E-state index is 0.445. The minimum Gasteiger partial charge on any atom is -0.330 e. The van der Waals surface area contributed by atoms with Crippen molar-refractivity contribution in [1.82, 2.24) is 0 Å². The molecule has 0 aromatic heterocycles. The zero-order valence-corrected chi connectivity index (χ0v) is 10.2. The lowest BCUT2D eigenvalue weighted by Gasteiger charge is -2.15. The molecule has 84 valence electrons. The van der Waals surface area contributed by atoms with Gasteiger partial charge < -0.3 is 10.6 Å². The van der Waals surface area contributed by atoms with Crippen molar-refractivity contribution < 1.29 is 9.59 Å². The van der Waals surface area contributed by atoms with Gasteiger partial charge in [0.1, 0.15) is 0 Å². The number of carbonyl (C=O) groups excluding carboxylic acids is 2. The van der Waals surface area contributed by atoms with Crippen LogP contribution in [0.25, 0.3) is 0 Å². The van der Waals surface area contributed by atoms with Crippen LogP contribution in [0.2, 0.25) is 0 Å². The molecular formula is C11H11BrN2O2. The van der Waals surface area contributed by atoms with Crippen molar-refractivity contribution in [2.75, 3.05) is 18.0 Å². The number of fused-ring (bicyclic) bond motifs is 1.